The summed E-state index contributed by atoms with van der Waals surface area (Å²) in [7, 11) is 0. The lowest BCUT2D eigenvalue weighted by Gasteiger charge is -2.42. The van der Waals surface area contributed by atoms with Gasteiger partial charge in [0.1, 0.15) is 19.1 Å². The van der Waals surface area contributed by atoms with E-state index >= 15 is 0 Å². The summed E-state index contributed by atoms with van der Waals surface area (Å²) in [5.41, 5.74) is 1.82. The highest BCUT2D eigenvalue weighted by atomic mass is 16.7. The number of amides is 4. The molecule has 2 aromatic carbocycles. The van der Waals surface area contributed by atoms with Crippen LogP contribution >= 0.6 is 0 Å². The smallest absolute Gasteiger partial charge is 0.251 e. The minimum Gasteiger partial charge on any atom is -0.454 e. The van der Waals surface area contributed by atoms with Crippen molar-refractivity contribution in [1.29, 1.82) is 0 Å². The molecule has 2 saturated heterocycles. The molecule has 0 radical (unpaired) electrons. The van der Waals surface area contributed by atoms with E-state index < -0.39 is 11.9 Å². The number of rotatable bonds is 6. The molecule has 5 rings (SSSR count). The lowest BCUT2D eigenvalue weighted by Crippen LogP contribution is -2.62. The molecule has 0 aromatic heterocycles. The van der Waals surface area contributed by atoms with Gasteiger partial charge in [-0.15, -0.1) is 0 Å². The van der Waals surface area contributed by atoms with Gasteiger partial charge in [-0.1, -0.05) is 6.07 Å². The van der Waals surface area contributed by atoms with Gasteiger partial charge in [0.2, 0.25) is 24.5 Å². The van der Waals surface area contributed by atoms with Crippen molar-refractivity contribution in [3.8, 4) is 11.5 Å². The van der Waals surface area contributed by atoms with Crippen LogP contribution in [0.2, 0.25) is 0 Å². The topological polar surface area (TPSA) is 117 Å². The fraction of sp³-hybridized carbons (Fsp3) is 0.360. The zero-order chi connectivity index (χ0) is 24.4. The molecule has 0 spiro atoms. The maximum atomic E-state index is 12.7. The van der Waals surface area contributed by atoms with Gasteiger partial charge in [-0.2, -0.15) is 0 Å². The van der Waals surface area contributed by atoms with Crippen LogP contribution in [0.1, 0.15) is 35.2 Å². The van der Waals surface area contributed by atoms with E-state index in [0.717, 1.165) is 18.4 Å². The van der Waals surface area contributed by atoms with Crippen molar-refractivity contribution in [2.24, 2.45) is 0 Å². The van der Waals surface area contributed by atoms with E-state index in [4.69, 9.17) is 9.47 Å². The molecule has 35 heavy (non-hydrogen) atoms. The van der Waals surface area contributed by atoms with E-state index in [-0.39, 0.29) is 37.6 Å². The number of nitrogens with zero attached hydrogens (tertiary/aromatic N) is 2. The molecule has 182 valence electrons. The van der Waals surface area contributed by atoms with Crippen molar-refractivity contribution < 1.29 is 28.7 Å². The molecular weight excluding hydrogens is 452 g/mol. The fourth-order valence-corrected chi connectivity index (χ4v) is 4.58. The molecule has 4 amide bonds. The molecule has 0 aliphatic carbocycles. The van der Waals surface area contributed by atoms with Crippen molar-refractivity contribution in [2.45, 2.75) is 31.8 Å². The number of piperidine rings is 1. The van der Waals surface area contributed by atoms with E-state index in [2.05, 4.69) is 10.6 Å². The number of hydrogen-bond donors (Lipinski definition) is 2. The van der Waals surface area contributed by atoms with Gasteiger partial charge in [0.25, 0.3) is 5.91 Å². The molecule has 3 heterocycles. The second-order valence-electron chi connectivity index (χ2n) is 8.79. The summed E-state index contributed by atoms with van der Waals surface area (Å²) in [6, 6.07) is 11.5. The Morgan fingerprint density at radius 3 is 2.63 bits per heavy atom. The highest BCUT2D eigenvalue weighted by Gasteiger charge is 2.40. The Balaban J connectivity index is 1.12. The average molecular weight is 479 g/mol. The molecule has 2 N–H and O–H groups in total. The predicted octanol–water partition coefficient (Wildman–Crippen LogP) is 1.51. The maximum Gasteiger partial charge on any atom is 0.251 e. The van der Waals surface area contributed by atoms with Crippen LogP contribution in [0.4, 0.5) is 5.69 Å². The van der Waals surface area contributed by atoms with Gasteiger partial charge in [0.15, 0.2) is 11.5 Å². The van der Waals surface area contributed by atoms with E-state index in [9.17, 15) is 19.2 Å². The Kier molecular flexibility index (Phi) is 6.26. The van der Waals surface area contributed by atoms with E-state index in [1.807, 2.05) is 12.1 Å². The first-order valence-corrected chi connectivity index (χ1v) is 11.6. The largest absolute Gasteiger partial charge is 0.454 e. The van der Waals surface area contributed by atoms with Gasteiger partial charge in [0, 0.05) is 24.3 Å². The van der Waals surface area contributed by atoms with Crippen LogP contribution < -0.4 is 20.1 Å². The Hall–Kier alpha value is -4.08. The first-order valence-electron chi connectivity index (χ1n) is 11.6. The number of nitrogens with one attached hydrogen (secondary N) is 2. The normalized spacial score (nSPS) is 18.8. The zero-order valence-electron chi connectivity index (χ0n) is 19.1. The van der Waals surface area contributed by atoms with Crippen LogP contribution in [0.25, 0.3) is 0 Å². The van der Waals surface area contributed by atoms with Crippen LogP contribution in [0.15, 0.2) is 42.5 Å². The Morgan fingerprint density at radius 1 is 1.00 bits per heavy atom. The van der Waals surface area contributed by atoms with Crippen molar-refractivity contribution in [2.75, 3.05) is 31.7 Å². The Bertz CT molecular complexity index is 1170. The number of carbonyl (C=O) groups is 4. The standard InChI is InChI=1S/C25H26N4O6/c30-22(13-28-14-23(31)29-10-2-1-3-19(29)25(28)33)27-18-7-5-17(6-8-18)24(32)26-12-16-4-9-20-21(11-16)35-15-34-20/h4-9,11,19H,1-3,10,12-15H2,(H,26,32)(H,27,30)/t19-/m0/s1. The molecule has 0 saturated carbocycles. The predicted molar refractivity (Wildman–Crippen MR) is 125 cm³/mol. The number of ether oxygens (including phenoxy) is 2. The third-order valence-corrected chi connectivity index (χ3v) is 6.40. The molecule has 10 heteroatoms. The SMILES string of the molecule is O=C(CN1CC(=O)N2CCCC[C@H]2C1=O)Nc1ccc(C(=O)NCc2ccc3c(c2)OCO3)cc1. The summed E-state index contributed by atoms with van der Waals surface area (Å²) < 4.78 is 10.6. The van der Waals surface area contributed by atoms with Crippen molar-refractivity contribution in [3.05, 3.63) is 53.6 Å². The monoisotopic (exact) mass is 478 g/mol. The van der Waals surface area contributed by atoms with Crippen LogP contribution in [0.5, 0.6) is 11.5 Å². The molecule has 10 nitrogen and oxygen atoms in total. The van der Waals surface area contributed by atoms with Crippen LogP contribution in [0.3, 0.4) is 0 Å². The summed E-state index contributed by atoms with van der Waals surface area (Å²) in [6.07, 6.45) is 2.44. The van der Waals surface area contributed by atoms with Gasteiger partial charge < -0.3 is 29.9 Å². The van der Waals surface area contributed by atoms with Crippen LogP contribution in [0, 0.1) is 0 Å². The Morgan fingerprint density at radius 2 is 1.80 bits per heavy atom. The second kappa shape index (κ2) is 9.65. The zero-order valence-corrected chi connectivity index (χ0v) is 19.1. The summed E-state index contributed by atoms with van der Waals surface area (Å²) in [4.78, 5) is 53.1. The number of piperazine rings is 1. The minimum atomic E-state index is -0.451. The third-order valence-electron chi connectivity index (χ3n) is 6.40. The lowest BCUT2D eigenvalue weighted by atomic mass is 9.98. The average Bonchev–Trinajstić information content (AvgIpc) is 3.34. The minimum absolute atomic E-state index is 0.0781. The first-order chi connectivity index (χ1) is 17.0. The first kappa shape index (κ1) is 22.7. The van der Waals surface area contributed by atoms with Gasteiger partial charge >= 0.3 is 0 Å². The molecule has 1 atom stereocenters. The van der Waals surface area contributed by atoms with Gasteiger partial charge in [0.05, 0.1) is 0 Å². The van der Waals surface area contributed by atoms with Crippen molar-refractivity contribution >= 4 is 29.3 Å². The Labute approximate surface area is 202 Å². The molecule has 0 unspecified atom stereocenters. The van der Waals surface area contributed by atoms with E-state index in [1.54, 1.807) is 35.2 Å². The van der Waals surface area contributed by atoms with E-state index in [0.29, 0.717) is 42.3 Å². The quantitative estimate of drug-likeness (QED) is 0.650. The fourth-order valence-electron chi connectivity index (χ4n) is 4.58. The number of carbonyl (C=O) groups excluding carboxylic acids is 4. The highest BCUT2D eigenvalue weighted by Crippen LogP contribution is 2.32. The number of fused-ring (bicyclic) bond motifs is 2. The number of anilines is 1. The summed E-state index contributed by atoms with van der Waals surface area (Å²) in [5, 5.41) is 5.58. The summed E-state index contributed by atoms with van der Waals surface area (Å²) in [6.45, 7) is 0.860. The number of hydrogen-bond acceptors (Lipinski definition) is 6. The highest BCUT2D eigenvalue weighted by molar-refractivity contribution is 6.00. The maximum absolute atomic E-state index is 12.7. The molecular formula is C25H26N4O6. The molecule has 3 aliphatic heterocycles. The molecule has 2 fully saturated rings. The second-order valence-corrected chi connectivity index (χ2v) is 8.79. The molecule has 2 aromatic rings. The third kappa shape index (κ3) is 4.91. The summed E-state index contributed by atoms with van der Waals surface area (Å²) >= 11 is 0. The van der Waals surface area contributed by atoms with E-state index in [1.165, 1.54) is 4.90 Å². The van der Waals surface area contributed by atoms with Crippen LogP contribution in [-0.4, -0.2) is 65.9 Å². The molecule has 0 bridgehead atoms. The van der Waals surface area contributed by atoms with Crippen LogP contribution in [-0.2, 0) is 20.9 Å². The van der Waals surface area contributed by atoms with Crippen molar-refractivity contribution in [1.82, 2.24) is 15.1 Å². The molecule has 3 aliphatic rings. The van der Waals surface area contributed by atoms with Crippen molar-refractivity contribution in [3.63, 3.8) is 0 Å². The lowest BCUT2D eigenvalue weighted by molar-refractivity contribution is -0.158. The van der Waals surface area contributed by atoms with Gasteiger partial charge in [-0.05, 0) is 61.2 Å². The number of benzene rings is 2. The summed E-state index contributed by atoms with van der Waals surface area (Å²) in [5.74, 6) is 0.408. The van der Waals surface area contributed by atoms with Gasteiger partial charge in [-0.25, -0.2) is 0 Å². The van der Waals surface area contributed by atoms with Gasteiger partial charge in [-0.3, -0.25) is 19.2 Å².